The summed E-state index contributed by atoms with van der Waals surface area (Å²) in [5.74, 6) is 0.0974. The Morgan fingerprint density at radius 1 is 1.08 bits per heavy atom. The Bertz CT molecular complexity index is 764. The first-order chi connectivity index (χ1) is 11.5. The monoisotopic (exact) mass is 364 g/mol. The fourth-order valence-electron chi connectivity index (χ4n) is 3.14. The van der Waals surface area contributed by atoms with Gasteiger partial charge in [-0.3, -0.25) is 4.90 Å². The minimum Gasteiger partial charge on any atom is -0.293 e. The highest BCUT2D eigenvalue weighted by atomic mass is 32.2. The smallest absolute Gasteiger partial charge is 0.218 e. The lowest BCUT2D eigenvalue weighted by molar-refractivity contribution is 0.147. The summed E-state index contributed by atoms with van der Waals surface area (Å²) in [4.78, 5) is 3.71. The minimum atomic E-state index is -3.25. The lowest BCUT2D eigenvalue weighted by Crippen LogP contribution is -2.49. The standard InChI is InChI=1S/C18H24N2O2S2/c1-15-6-3-4-7-17(15)14-24(21,22)20-11-9-19(10-12-20)16(2)18-8-5-13-23-18/h3-8,13,16H,9-12,14H2,1-2H3. The van der Waals surface area contributed by atoms with Crippen LogP contribution in [-0.2, 0) is 15.8 Å². The fourth-order valence-corrected chi connectivity index (χ4v) is 5.57. The molecule has 4 nitrogen and oxygen atoms in total. The van der Waals surface area contributed by atoms with Crippen LogP contribution < -0.4 is 0 Å². The molecule has 24 heavy (non-hydrogen) atoms. The first-order valence-electron chi connectivity index (χ1n) is 8.27. The Morgan fingerprint density at radius 3 is 2.42 bits per heavy atom. The van der Waals surface area contributed by atoms with E-state index in [4.69, 9.17) is 0 Å². The van der Waals surface area contributed by atoms with Gasteiger partial charge < -0.3 is 0 Å². The largest absolute Gasteiger partial charge is 0.293 e. The third kappa shape index (κ3) is 3.88. The zero-order chi connectivity index (χ0) is 17.2. The molecule has 6 heteroatoms. The highest BCUT2D eigenvalue weighted by molar-refractivity contribution is 7.88. The van der Waals surface area contributed by atoms with Gasteiger partial charge in [0, 0.05) is 37.1 Å². The van der Waals surface area contributed by atoms with Gasteiger partial charge in [0.25, 0.3) is 0 Å². The van der Waals surface area contributed by atoms with Gasteiger partial charge in [-0.25, -0.2) is 8.42 Å². The molecule has 0 saturated carbocycles. The molecule has 0 amide bonds. The second-order valence-electron chi connectivity index (χ2n) is 6.31. The molecule has 1 saturated heterocycles. The topological polar surface area (TPSA) is 40.6 Å². The van der Waals surface area contributed by atoms with Crippen molar-refractivity contribution < 1.29 is 8.42 Å². The molecule has 1 aliphatic heterocycles. The zero-order valence-corrected chi connectivity index (χ0v) is 15.8. The van der Waals surface area contributed by atoms with Crippen LogP contribution in [0.15, 0.2) is 41.8 Å². The number of benzene rings is 1. The summed E-state index contributed by atoms with van der Waals surface area (Å²) in [5.41, 5.74) is 1.93. The van der Waals surface area contributed by atoms with Crippen LogP contribution in [0, 0.1) is 6.92 Å². The molecule has 2 heterocycles. The molecule has 1 aromatic carbocycles. The molecule has 0 bridgehead atoms. The second kappa shape index (κ2) is 7.35. The van der Waals surface area contributed by atoms with Crippen LogP contribution in [0.25, 0.3) is 0 Å². The van der Waals surface area contributed by atoms with Crippen molar-refractivity contribution in [3.8, 4) is 0 Å². The number of thiophene rings is 1. The first-order valence-corrected chi connectivity index (χ1v) is 10.8. The normalized spacial score (nSPS) is 18.6. The maximum absolute atomic E-state index is 12.7. The number of hydrogen-bond acceptors (Lipinski definition) is 4. The third-order valence-corrected chi connectivity index (χ3v) is 7.64. The van der Waals surface area contributed by atoms with Gasteiger partial charge in [-0.1, -0.05) is 30.3 Å². The van der Waals surface area contributed by atoms with Gasteiger partial charge in [0.1, 0.15) is 0 Å². The fraction of sp³-hybridized carbons (Fsp3) is 0.444. The number of sulfonamides is 1. The SMILES string of the molecule is Cc1ccccc1CS(=O)(=O)N1CCN(C(C)c2cccs2)CC1. The summed E-state index contributed by atoms with van der Waals surface area (Å²) in [7, 11) is -3.25. The van der Waals surface area contributed by atoms with E-state index in [1.165, 1.54) is 4.88 Å². The summed E-state index contributed by atoms with van der Waals surface area (Å²) < 4.78 is 27.1. The minimum absolute atomic E-state index is 0.0974. The van der Waals surface area contributed by atoms with E-state index in [2.05, 4.69) is 29.3 Å². The van der Waals surface area contributed by atoms with Crippen molar-refractivity contribution in [1.82, 2.24) is 9.21 Å². The van der Waals surface area contributed by atoms with Crippen molar-refractivity contribution in [3.63, 3.8) is 0 Å². The summed E-state index contributed by atoms with van der Waals surface area (Å²) >= 11 is 1.76. The highest BCUT2D eigenvalue weighted by Crippen LogP contribution is 2.26. The molecular weight excluding hydrogens is 340 g/mol. The number of rotatable bonds is 5. The molecule has 3 rings (SSSR count). The van der Waals surface area contributed by atoms with E-state index >= 15 is 0 Å². The van der Waals surface area contributed by atoms with Crippen LogP contribution in [0.5, 0.6) is 0 Å². The van der Waals surface area contributed by atoms with Crippen LogP contribution >= 0.6 is 11.3 Å². The van der Waals surface area contributed by atoms with Gasteiger partial charge in [-0.05, 0) is 36.4 Å². The van der Waals surface area contributed by atoms with E-state index in [-0.39, 0.29) is 5.75 Å². The number of nitrogens with zero attached hydrogens (tertiary/aromatic N) is 2. The Morgan fingerprint density at radius 2 is 1.79 bits per heavy atom. The molecule has 130 valence electrons. The van der Waals surface area contributed by atoms with Crippen molar-refractivity contribution in [2.45, 2.75) is 25.6 Å². The van der Waals surface area contributed by atoms with E-state index in [9.17, 15) is 8.42 Å². The lowest BCUT2D eigenvalue weighted by Gasteiger charge is -2.37. The molecule has 0 spiro atoms. The summed E-state index contributed by atoms with van der Waals surface area (Å²) in [6, 6.07) is 12.3. The van der Waals surface area contributed by atoms with E-state index < -0.39 is 10.0 Å². The summed E-state index contributed by atoms with van der Waals surface area (Å²) in [5, 5.41) is 2.09. The number of aryl methyl sites for hydroxylation is 1. The molecule has 0 radical (unpaired) electrons. The average molecular weight is 365 g/mol. The molecular formula is C18H24N2O2S2. The summed E-state index contributed by atoms with van der Waals surface area (Å²) in [6.45, 7) is 6.88. The van der Waals surface area contributed by atoms with Crippen LogP contribution in [0.3, 0.4) is 0 Å². The third-order valence-electron chi connectivity index (χ3n) is 4.77. The van der Waals surface area contributed by atoms with E-state index in [0.29, 0.717) is 19.1 Å². The Labute approximate surface area is 148 Å². The zero-order valence-electron chi connectivity index (χ0n) is 14.2. The number of piperazine rings is 1. The van der Waals surface area contributed by atoms with Crippen molar-refractivity contribution in [2.24, 2.45) is 0 Å². The predicted octanol–water partition coefficient (Wildman–Crippen LogP) is 3.27. The first kappa shape index (κ1) is 17.6. The predicted molar refractivity (Wildman–Crippen MR) is 99.7 cm³/mol. The van der Waals surface area contributed by atoms with Crippen LogP contribution in [0.1, 0.15) is 29.0 Å². The molecule has 1 atom stereocenters. The number of hydrogen-bond donors (Lipinski definition) is 0. The van der Waals surface area contributed by atoms with Crippen LogP contribution in [0.4, 0.5) is 0 Å². The Balaban J connectivity index is 1.62. The molecule has 1 aromatic heterocycles. The maximum atomic E-state index is 12.7. The van der Waals surface area contributed by atoms with Crippen molar-refractivity contribution >= 4 is 21.4 Å². The maximum Gasteiger partial charge on any atom is 0.218 e. The lowest BCUT2D eigenvalue weighted by atomic mass is 10.1. The van der Waals surface area contributed by atoms with E-state index in [0.717, 1.165) is 24.2 Å². The van der Waals surface area contributed by atoms with Gasteiger partial charge in [0.05, 0.1) is 5.75 Å². The van der Waals surface area contributed by atoms with Gasteiger partial charge in [0.2, 0.25) is 10.0 Å². The highest BCUT2D eigenvalue weighted by Gasteiger charge is 2.29. The molecule has 1 fully saturated rings. The molecule has 0 N–H and O–H groups in total. The van der Waals surface area contributed by atoms with Crippen molar-refractivity contribution in [3.05, 3.63) is 57.8 Å². The quantitative estimate of drug-likeness (QED) is 0.818. The summed E-state index contributed by atoms with van der Waals surface area (Å²) in [6.07, 6.45) is 0. The van der Waals surface area contributed by atoms with Gasteiger partial charge in [0.15, 0.2) is 0 Å². The van der Waals surface area contributed by atoms with Gasteiger partial charge >= 0.3 is 0 Å². The van der Waals surface area contributed by atoms with Crippen LogP contribution in [0.2, 0.25) is 0 Å². The van der Waals surface area contributed by atoms with Crippen molar-refractivity contribution in [1.29, 1.82) is 0 Å². The van der Waals surface area contributed by atoms with Crippen molar-refractivity contribution in [2.75, 3.05) is 26.2 Å². The average Bonchev–Trinajstić information content (AvgIpc) is 3.11. The van der Waals surface area contributed by atoms with Gasteiger partial charge in [-0.2, -0.15) is 4.31 Å². The van der Waals surface area contributed by atoms with E-state index in [1.807, 2.05) is 31.2 Å². The second-order valence-corrected chi connectivity index (χ2v) is 9.26. The Kier molecular flexibility index (Phi) is 5.39. The molecule has 1 unspecified atom stereocenters. The Hall–Kier alpha value is -1.21. The molecule has 1 aliphatic rings. The molecule has 0 aliphatic carbocycles. The van der Waals surface area contributed by atoms with Gasteiger partial charge in [-0.15, -0.1) is 11.3 Å². The van der Waals surface area contributed by atoms with Crippen LogP contribution in [-0.4, -0.2) is 43.8 Å². The molecule has 2 aromatic rings. The van der Waals surface area contributed by atoms with E-state index in [1.54, 1.807) is 15.6 Å².